The van der Waals surface area contributed by atoms with Crippen molar-refractivity contribution in [3.05, 3.63) is 30.1 Å². The number of aromatic nitrogens is 1. The van der Waals surface area contributed by atoms with Gasteiger partial charge in [0, 0.05) is 19.2 Å². The van der Waals surface area contributed by atoms with E-state index in [-0.39, 0.29) is 24.2 Å². The second-order valence-corrected chi connectivity index (χ2v) is 3.74. The molecule has 0 aromatic carbocycles. The molecule has 1 aromatic heterocycles. The molecule has 0 bridgehead atoms. The minimum Gasteiger partial charge on any atom is -0.355 e. The standard InChI is InChI=1S/C11H13N3O2/c15-10-5-8(6-13-10)11(16)14-7-9-3-1-2-4-12-9/h1-4,8H,5-7H2,(H,13,15)(H,14,16). The van der Waals surface area contributed by atoms with Gasteiger partial charge in [-0.05, 0) is 12.1 Å². The first-order valence-electron chi connectivity index (χ1n) is 5.20. The van der Waals surface area contributed by atoms with Gasteiger partial charge in [-0.1, -0.05) is 6.07 Å². The average molecular weight is 219 g/mol. The van der Waals surface area contributed by atoms with Crippen LogP contribution in [0.4, 0.5) is 0 Å². The monoisotopic (exact) mass is 219 g/mol. The number of rotatable bonds is 3. The van der Waals surface area contributed by atoms with Crippen molar-refractivity contribution in [3.8, 4) is 0 Å². The number of carbonyl (C=O) groups is 2. The number of nitrogens with one attached hydrogen (secondary N) is 2. The summed E-state index contributed by atoms with van der Waals surface area (Å²) in [4.78, 5) is 26.7. The topological polar surface area (TPSA) is 71.1 Å². The summed E-state index contributed by atoms with van der Waals surface area (Å²) in [5, 5.41) is 5.40. The SMILES string of the molecule is O=C1CC(C(=O)NCc2ccccn2)CN1. The predicted molar refractivity (Wildman–Crippen MR) is 57.2 cm³/mol. The molecule has 0 spiro atoms. The van der Waals surface area contributed by atoms with Crippen LogP contribution in [-0.4, -0.2) is 23.3 Å². The highest BCUT2D eigenvalue weighted by Crippen LogP contribution is 2.08. The zero-order valence-corrected chi connectivity index (χ0v) is 8.77. The summed E-state index contributed by atoms with van der Waals surface area (Å²) in [6.07, 6.45) is 1.97. The molecule has 1 fully saturated rings. The van der Waals surface area contributed by atoms with Crippen LogP contribution in [0.1, 0.15) is 12.1 Å². The van der Waals surface area contributed by atoms with Crippen molar-refractivity contribution in [1.29, 1.82) is 0 Å². The second-order valence-electron chi connectivity index (χ2n) is 3.74. The molecule has 1 aliphatic rings. The molecule has 84 valence electrons. The first-order valence-corrected chi connectivity index (χ1v) is 5.20. The number of pyridine rings is 1. The maximum absolute atomic E-state index is 11.6. The van der Waals surface area contributed by atoms with Crippen LogP contribution in [0.15, 0.2) is 24.4 Å². The number of amides is 2. The van der Waals surface area contributed by atoms with Gasteiger partial charge in [0.25, 0.3) is 0 Å². The highest BCUT2D eigenvalue weighted by molar-refractivity contribution is 5.89. The van der Waals surface area contributed by atoms with Crippen molar-refractivity contribution in [1.82, 2.24) is 15.6 Å². The summed E-state index contributed by atoms with van der Waals surface area (Å²) in [5.41, 5.74) is 0.813. The third kappa shape index (κ3) is 2.56. The average Bonchev–Trinajstić information content (AvgIpc) is 2.74. The number of hydrogen-bond acceptors (Lipinski definition) is 3. The maximum Gasteiger partial charge on any atom is 0.225 e. The first kappa shape index (κ1) is 10.6. The molecule has 1 atom stereocenters. The molecular formula is C11H13N3O2. The largest absolute Gasteiger partial charge is 0.355 e. The Labute approximate surface area is 93.3 Å². The van der Waals surface area contributed by atoms with E-state index >= 15 is 0 Å². The van der Waals surface area contributed by atoms with Gasteiger partial charge in [0.15, 0.2) is 0 Å². The van der Waals surface area contributed by atoms with E-state index in [1.807, 2.05) is 18.2 Å². The van der Waals surface area contributed by atoms with Gasteiger partial charge in [-0.2, -0.15) is 0 Å². The molecule has 5 heteroatoms. The molecule has 16 heavy (non-hydrogen) atoms. The van der Waals surface area contributed by atoms with E-state index in [4.69, 9.17) is 0 Å². The molecule has 2 amide bonds. The fourth-order valence-corrected chi connectivity index (χ4v) is 1.62. The minimum atomic E-state index is -0.240. The van der Waals surface area contributed by atoms with Gasteiger partial charge in [-0.15, -0.1) is 0 Å². The Hall–Kier alpha value is -1.91. The lowest BCUT2D eigenvalue weighted by molar-refractivity contribution is -0.126. The van der Waals surface area contributed by atoms with E-state index in [1.54, 1.807) is 6.20 Å². The Balaban J connectivity index is 1.82. The lowest BCUT2D eigenvalue weighted by Crippen LogP contribution is -2.31. The molecule has 0 saturated carbocycles. The Bertz CT molecular complexity index is 391. The summed E-state index contributed by atoms with van der Waals surface area (Å²) in [5.74, 6) is -0.391. The van der Waals surface area contributed by atoms with E-state index in [0.29, 0.717) is 13.1 Å². The second kappa shape index (κ2) is 4.74. The van der Waals surface area contributed by atoms with E-state index in [9.17, 15) is 9.59 Å². The first-order chi connectivity index (χ1) is 7.75. The molecule has 1 aliphatic heterocycles. The summed E-state index contributed by atoms with van der Waals surface area (Å²) in [6.45, 7) is 0.844. The van der Waals surface area contributed by atoms with Crippen LogP contribution in [-0.2, 0) is 16.1 Å². The maximum atomic E-state index is 11.6. The van der Waals surface area contributed by atoms with Crippen molar-refractivity contribution in [2.45, 2.75) is 13.0 Å². The van der Waals surface area contributed by atoms with Crippen LogP contribution in [0.2, 0.25) is 0 Å². The zero-order chi connectivity index (χ0) is 11.4. The van der Waals surface area contributed by atoms with Gasteiger partial charge in [-0.3, -0.25) is 14.6 Å². The minimum absolute atomic E-state index is 0.0574. The summed E-state index contributed by atoms with van der Waals surface area (Å²) >= 11 is 0. The van der Waals surface area contributed by atoms with Gasteiger partial charge in [0.1, 0.15) is 0 Å². The molecule has 1 saturated heterocycles. The van der Waals surface area contributed by atoms with Crippen molar-refractivity contribution in [3.63, 3.8) is 0 Å². The number of nitrogens with zero attached hydrogens (tertiary/aromatic N) is 1. The van der Waals surface area contributed by atoms with Gasteiger partial charge < -0.3 is 10.6 Å². The Morgan fingerprint density at radius 3 is 3.06 bits per heavy atom. The highest BCUT2D eigenvalue weighted by Gasteiger charge is 2.27. The molecular weight excluding hydrogens is 206 g/mol. The van der Waals surface area contributed by atoms with Crippen LogP contribution < -0.4 is 10.6 Å². The van der Waals surface area contributed by atoms with Crippen LogP contribution in [0.3, 0.4) is 0 Å². The fourth-order valence-electron chi connectivity index (χ4n) is 1.62. The third-order valence-electron chi connectivity index (χ3n) is 2.52. The number of hydrogen-bond donors (Lipinski definition) is 2. The van der Waals surface area contributed by atoms with Crippen molar-refractivity contribution < 1.29 is 9.59 Å². The van der Waals surface area contributed by atoms with Gasteiger partial charge in [0.05, 0.1) is 18.2 Å². The van der Waals surface area contributed by atoms with Crippen LogP contribution in [0, 0.1) is 5.92 Å². The van der Waals surface area contributed by atoms with Crippen LogP contribution >= 0.6 is 0 Å². The molecule has 5 nitrogen and oxygen atoms in total. The molecule has 1 unspecified atom stereocenters. The molecule has 0 aliphatic carbocycles. The Kier molecular flexibility index (Phi) is 3.14. The summed E-state index contributed by atoms with van der Waals surface area (Å²) < 4.78 is 0. The Morgan fingerprint density at radius 2 is 2.44 bits per heavy atom. The van der Waals surface area contributed by atoms with E-state index in [0.717, 1.165) is 5.69 Å². The number of carbonyl (C=O) groups excluding carboxylic acids is 2. The van der Waals surface area contributed by atoms with Crippen LogP contribution in [0.5, 0.6) is 0 Å². The molecule has 1 aromatic rings. The molecule has 2 heterocycles. The smallest absolute Gasteiger partial charge is 0.225 e. The lowest BCUT2D eigenvalue weighted by atomic mass is 10.1. The van der Waals surface area contributed by atoms with Crippen molar-refractivity contribution in [2.24, 2.45) is 5.92 Å². The lowest BCUT2D eigenvalue weighted by Gasteiger charge is -2.08. The van der Waals surface area contributed by atoms with Gasteiger partial charge in [0.2, 0.25) is 11.8 Å². The summed E-state index contributed by atoms with van der Waals surface area (Å²) in [7, 11) is 0. The normalized spacial score (nSPS) is 19.2. The molecule has 0 radical (unpaired) electrons. The van der Waals surface area contributed by atoms with E-state index in [1.165, 1.54) is 0 Å². The third-order valence-corrected chi connectivity index (χ3v) is 2.52. The van der Waals surface area contributed by atoms with E-state index in [2.05, 4.69) is 15.6 Å². The quantitative estimate of drug-likeness (QED) is 0.741. The fraction of sp³-hybridized carbons (Fsp3) is 0.364. The van der Waals surface area contributed by atoms with Crippen molar-refractivity contribution in [2.75, 3.05) is 6.54 Å². The predicted octanol–water partition coefficient (Wildman–Crippen LogP) is -0.166. The molecule has 2 rings (SSSR count). The Morgan fingerprint density at radius 1 is 1.56 bits per heavy atom. The van der Waals surface area contributed by atoms with Crippen molar-refractivity contribution >= 4 is 11.8 Å². The zero-order valence-electron chi connectivity index (χ0n) is 8.77. The van der Waals surface area contributed by atoms with Crippen LogP contribution in [0.25, 0.3) is 0 Å². The molecule has 2 N–H and O–H groups in total. The highest BCUT2D eigenvalue weighted by atomic mass is 16.2. The summed E-state index contributed by atoms with van der Waals surface area (Å²) in [6, 6.07) is 5.54. The van der Waals surface area contributed by atoms with Gasteiger partial charge >= 0.3 is 0 Å². The van der Waals surface area contributed by atoms with Gasteiger partial charge in [-0.25, -0.2) is 0 Å². The van der Waals surface area contributed by atoms with E-state index < -0.39 is 0 Å².